The third-order valence-corrected chi connectivity index (χ3v) is 5.43. The first kappa shape index (κ1) is 20.1. The molecule has 4 rings (SSSR count). The highest BCUT2D eigenvalue weighted by molar-refractivity contribution is 5.93. The predicted molar refractivity (Wildman–Crippen MR) is 112 cm³/mol. The van der Waals surface area contributed by atoms with E-state index in [9.17, 15) is 9.18 Å². The van der Waals surface area contributed by atoms with Crippen molar-refractivity contribution in [2.45, 2.75) is 38.8 Å². The molecule has 1 aliphatic rings. The number of carbonyl (C=O) groups is 1. The first-order chi connectivity index (χ1) is 14.5. The molecule has 0 saturated heterocycles. The normalized spacial score (nSPS) is 18.4. The Labute approximate surface area is 175 Å². The molecule has 1 amide bonds. The molecule has 6 nitrogen and oxygen atoms in total. The van der Waals surface area contributed by atoms with Crippen LogP contribution in [0.2, 0.25) is 0 Å². The average molecular weight is 408 g/mol. The lowest BCUT2D eigenvalue weighted by molar-refractivity contribution is -0.120. The number of benzene rings is 2. The van der Waals surface area contributed by atoms with Crippen molar-refractivity contribution in [1.29, 1.82) is 0 Å². The highest BCUT2D eigenvalue weighted by Gasteiger charge is 2.39. The van der Waals surface area contributed by atoms with Gasteiger partial charge in [0.1, 0.15) is 17.9 Å². The Morgan fingerprint density at radius 3 is 2.37 bits per heavy atom. The maximum absolute atomic E-state index is 13.5. The van der Waals surface area contributed by atoms with E-state index in [2.05, 4.69) is 10.1 Å². The van der Waals surface area contributed by atoms with Crippen molar-refractivity contribution < 1.29 is 13.9 Å². The minimum atomic E-state index is -0.284. The van der Waals surface area contributed by atoms with Crippen molar-refractivity contribution in [1.82, 2.24) is 14.8 Å². The maximum atomic E-state index is 13.5. The number of ether oxygens (including phenoxy) is 1. The van der Waals surface area contributed by atoms with Gasteiger partial charge in [-0.15, -0.1) is 0 Å². The van der Waals surface area contributed by atoms with E-state index in [4.69, 9.17) is 4.74 Å². The van der Waals surface area contributed by atoms with E-state index in [1.165, 1.54) is 18.5 Å². The monoisotopic (exact) mass is 408 g/mol. The highest BCUT2D eigenvalue weighted by Crippen LogP contribution is 2.42. The molecule has 0 fully saturated rings. The van der Waals surface area contributed by atoms with Gasteiger partial charge < -0.3 is 4.74 Å². The fourth-order valence-corrected chi connectivity index (χ4v) is 4.00. The summed E-state index contributed by atoms with van der Waals surface area (Å²) >= 11 is 0. The van der Waals surface area contributed by atoms with Crippen LogP contribution in [0, 0.1) is 11.7 Å². The van der Waals surface area contributed by atoms with Gasteiger partial charge in [0.2, 0.25) is 11.9 Å². The first-order valence-corrected chi connectivity index (χ1v) is 10.1. The van der Waals surface area contributed by atoms with Crippen LogP contribution in [0.5, 0.6) is 5.75 Å². The summed E-state index contributed by atoms with van der Waals surface area (Å²) in [5.74, 6) is 1.22. The van der Waals surface area contributed by atoms with Crippen LogP contribution < -0.4 is 9.64 Å². The molecule has 0 aliphatic carbocycles. The standard InChI is InChI=1S/C23H25FN4O2/c1-15(2)12-22(29)27-20(16-6-10-19(30-3)11-7-16)13-21(28-23(27)25-14-26-28)17-4-8-18(24)9-5-17/h4-11,14-15,20-21H,12-13H2,1-3H3. The van der Waals surface area contributed by atoms with E-state index in [1.807, 2.05) is 38.1 Å². The summed E-state index contributed by atoms with van der Waals surface area (Å²) in [6.07, 6.45) is 2.50. The Kier molecular flexibility index (Phi) is 5.53. The van der Waals surface area contributed by atoms with Crippen LogP contribution >= 0.6 is 0 Å². The molecule has 0 bridgehead atoms. The average Bonchev–Trinajstić information content (AvgIpc) is 3.22. The van der Waals surface area contributed by atoms with Crippen LogP contribution in [0.15, 0.2) is 54.9 Å². The lowest BCUT2D eigenvalue weighted by Gasteiger charge is -2.39. The minimum Gasteiger partial charge on any atom is -0.497 e. The predicted octanol–water partition coefficient (Wildman–Crippen LogP) is 4.54. The number of carbonyl (C=O) groups excluding carboxylic acids is 1. The van der Waals surface area contributed by atoms with E-state index in [-0.39, 0.29) is 29.7 Å². The fraction of sp³-hybridized carbons (Fsp3) is 0.348. The summed E-state index contributed by atoms with van der Waals surface area (Å²) < 4.78 is 20.5. The van der Waals surface area contributed by atoms with Gasteiger partial charge in [-0.05, 0) is 47.7 Å². The summed E-state index contributed by atoms with van der Waals surface area (Å²) in [6, 6.07) is 13.8. The minimum absolute atomic E-state index is 0.0117. The van der Waals surface area contributed by atoms with Crippen molar-refractivity contribution in [2.24, 2.45) is 5.92 Å². The van der Waals surface area contributed by atoms with Gasteiger partial charge in [0.25, 0.3) is 0 Å². The van der Waals surface area contributed by atoms with Gasteiger partial charge in [0, 0.05) is 6.42 Å². The smallest absolute Gasteiger partial charge is 0.231 e. The van der Waals surface area contributed by atoms with Gasteiger partial charge in [-0.1, -0.05) is 38.1 Å². The van der Waals surface area contributed by atoms with Crippen molar-refractivity contribution in [3.8, 4) is 5.75 Å². The number of hydrogen-bond donors (Lipinski definition) is 0. The topological polar surface area (TPSA) is 60.2 Å². The molecular weight excluding hydrogens is 383 g/mol. The quantitative estimate of drug-likeness (QED) is 0.622. The number of rotatable bonds is 5. The number of methoxy groups -OCH3 is 1. The van der Waals surface area contributed by atoms with Gasteiger partial charge in [-0.2, -0.15) is 10.1 Å². The Balaban J connectivity index is 1.80. The number of nitrogens with zero attached hydrogens (tertiary/aromatic N) is 4. The second kappa shape index (κ2) is 8.26. The Bertz CT molecular complexity index is 1010. The van der Waals surface area contributed by atoms with Gasteiger partial charge >= 0.3 is 0 Å². The number of halogens is 1. The molecule has 0 saturated carbocycles. The summed E-state index contributed by atoms with van der Waals surface area (Å²) in [5, 5.41) is 4.40. The summed E-state index contributed by atoms with van der Waals surface area (Å²) in [5.41, 5.74) is 1.92. The maximum Gasteiger partial charge on any atom is 0.231 e. The Hall–Kier alpha value is -3.22. The molecule has 0 radical (unpaired) electrons. The van der Waals surface area contributed by atoms with Crippen molar-refractivity contribution >= 4 is 11.9 Å². The number of hydrogen-bond acceptors (Lipinski definition) is 4. The van der Waals surface area contributed by atoms with Gasteiger partial charge in [-0.25, -0.2) is 9.07 Å². The van der Waals surface area contributed by atoms with Crippen molar-refractivity contribution in [3.63, 3.8) is 0 Å². The largest absolute Gasteiger partial charge is 0.497 e. The zero-order chi connectivity index (χ0) is 21.3. The van der Waals surface area contributed by atoms with E-state index in [0.717, 1.165) is 16.9 Å². The molecule has 1 aliphatic heterocycles. The number of anilines is 1. The molecule has 2 aromatic carbocycles. The second-order valence-electron chi connectivity index (χ2n) is 7.96. The van der Waals surface area contributed by atoms with E-state index >= 15 is 0 Å². The molecule has 156 valence electrons. The second-order valence-corrected chi connectivity index (χ2v) is 7.96. The third kappa shape index (κ3) is 3.79. The lowest BCUT2D eigenvalue weighted by Crippen LogP contribution is -2.43. The zero-order valence-electron chi connectivity index (χ0n) is 17.3. The van der Waals surface area contributed by atoms with Crippen LogP contribution in [0.1, 0.15) is 49.9 Å². The molecule has 2 heterocycles. The SMILES string of the molecule is COc1ccc(C2CC(c3ccc(F)cc3)n3ncnc3N2C(=O)CC(C)C)cc1. The van der Waals surface area contributed by atoms with Crippen LogP contribution in [-0.4, -0.2) is 27.8 Å². The Morgan fingerprint density at radius 2 is 1.73 bits per heavy atom. The highest BCUT2D eigenvalue weighted by atomic mass is 19.1. The van der Waals surface area contributed by atoms with Crippen LogP contribution in [0.4, 0.5) is 10.3 Å². The molecule has 1 aromatic heterocycles. The number of fused-ring (bicyclic) bond motifs is 1. The fourth-order valence-electron chi connectivity index (χ4n) is 4.00. The molecule has 7 heteroatoms. The van der Waals surface area contributed by atoms with E-state index < -0.39 is 0 Å². The summed E-state index contributed by atoms with van der Waals surface area (Å²) in [4.78, 5) is 19.4. The van der Waals surface area contributed by atoms with E-state index in [0.29, 0.717) is 18.8 Å². The Morgan fingerprint density at radius 1 is 1.10 bits per heavy atom. The van der Waals surface area contributed by atoms with Gasteiger partial charge in [0.15, 0.2) is 0 Å². The number of amides is 1. The summed E-state index contributed by atoms with van der Waals surface area (Å²) in [7, 11) is 1.63. The third-order valence-electron chi connectivity index (χ3n) is 5.43. The molecule has 2 unspecified atom stereocenters. The first-order valence-electron chi connectivity index (χ1n) is 10.1. The summed E-state index contributed by atoms with van der Waals surface area (Å²) in [6.45, 7) is 4.05. The van der Waals surface area contributed by atoms with Gasteiger partial charge in [-0.3, -0.25) is 9.69 Å². The molecule has 0 N–H and O–H groups in total. The zero-order valence-corrected chi connectivity index (χ0v) is 17.3. The number of aromatic nitrogens is 3. The van der Waals surface area contributed by atoms with Crippen molar-refractivity contribution in [3.05, 3.63) is 71.8 Å². The molecule has 3 aromatic rings. The van der Waals surface area contributed by atoms with Crippen molar-refractivity contribution in [2.75, 3.05) is 12.0 Å². The van der Waals surface area contributed by atoms with Gasteiger partial charge in [0.05, 0.1) is 19.2 Å². The molecule has 30 heavy (non-hydrogen) atoms. The molecule has 0 spiro atoms. The molecular formula is C23H25FN4O2. The van der Waals surface area contributed by atoms with Crippen LogP contribution in [0.25, 0.3) is 0 Å². The van der Waals surface area contributed by atoms with E-state index in [1.54, 1.807) is 28.8 Å². The van der Waals surface area contributed by atoms with Crippen LogP contribution in [-0.2, 0) is 4.79 Å². The van der Waals surface area contributed by atoms with Crippen LogP contribution in [0.3, 0.4) is 0 Å². The lowest BCUT2D eigenvalue weighted by atomic mass is 9.91. The molecule has 2 atom stereocenters.